The lowest BCUT2D eigenvalue weighted by molar-refractivity contribution is 0.664. The van der Waals surface area contributed by atoms with Gasteiger partial charge in [-0.05, 0) is 44.2 Å². The second kappa shape index (κ2) is 8.66. The third-order valence-electron chi connectivity index (χ3n) is 2.42. The van der Waals surface area contributed by atoms with E-state index in [1.807, 2.05) is 11.8 Å². The fourth-order valence-electron chi connectivity index (χ4n) is 1.59. The molecule has 0 spiro atoms. The molecule has 0 unspecified atom stereocenters. The summed E-state index contributed by atoms with van der Waals surface area (Å²) in [7, 11) is 0. The molecule has 0 radical (unpaired) electrons. The Labute approximate surface area is 104 Å². The predicted molar refractivity (Wildman–Crippen MR) is 75.1 cm³/mol. The first kappa shape index (κ1) is 13.6. The number of rotatable bonds is 8. The van der Waals surface area contributed by atoms with E-state index in [-0.39, 0.29) is 0 Å². The Morgan fingerprint density at radius 1 is 1.25 bits per heavy atom. The predicted octanol–water partition coefficient (Wildman–Crippen LogP) is 3.62. The van der Waals surface area contributed by atoms with E-state index in [9.17, 15) is 0 Å². The van der Waals surface area contributed by atoms with Crippen LogP contribution in [0, 0.1) is 6.92 Å². The van der Waals surface area contributed by atoms with E-state index in [4.69, 9.17) is 0 Å². The van der Waals surface area contributed by atoms with Crippen molar-refractivity contribution in [2.75, 3.05) is 18.8 Å². The van der Waals surface area contributed by atoms with Crippen LogP contribution in [0.4, 0.5) is 0 Å². The van der Waals surface area contributed by atoms with Crippen LogP contribution in [0.15, 0.2) is 24.3 Å². The Bertz CT molecular complexity index is 286. The Hall–Kier alpha value is -0.470. The SMILES string of the molecule is CCCNCCCSCc1cccc(C)c1. The second-order valence-electron chi connectivity index (χ2n) is 4.15. The van der Waals surface area contributed by atoms with Gasteiger partial charge >= 0.3 is 0 Å². The summed E-state index contributed by atoms with van der Waals surface area (Å²) in [5.74, 6) is 2.40. The number of aryl methyl sites for hydroxylation is 1. The average molecular weight is 237 g/mol. The normalized spacial score (nSPS) is 10.6. The highest BCUT2D eigenvalue weighted by Gasteiger charge is 1.94. The summed E-state index contributed by atoms with van der Waals surface area (Å²) in [4.78, 5) is 0. The van der Waals surface area contributed by atoms with Crippen LogP contribution in [-0.4, -0.2) is 18.8 Å². The van der Waals surface area contributed by atoms with E-state index in [0.717, 1.165) is 18.8 Å². The minimum absolute atomic E-state index is 1.15. The second-order valence-corrected chi connectivity index (χ2v) is 5.25. The molecule has 1 aromatic carbocycles. The van der Waals surface area contributed by atoms with Crippen LogP contribution in [0.1, 0.15) is 30.9 Å². The van der Waals surface area contributed by atoms with Crippen molar-refractivity contribution in [3.05, 3.63) is 35.4 Å². The van der Waals surface area contributed by atoms with Gasteiger partial charge in [0.25, 0.3) is 0 Å². The zero-order valence-electron chi connectivity index (χ0n) is 10.5. The molecule has 0 aromatic heterocycles. The maximum Gasteiger partial charge on any atom is 0.0184 e. The maximum absolute atomic E-state index is 3.43. The molecule has 1 aromatic rings. The first-order valence-corrected chi connectivity index (χ1v) is 7.32. The van der Waals surface area contributed by atoms with Crippen molar-refractivity contribution in [3.8, 4) is 0 Å². The molecule has 1 N–H and O–H groups in total. The Morgan fingerprint density at radius 2 is 2.12 bits per heavy atom. The van der Waals surface area contributed by atoms with Crippen LogP contribution >= 0.6 is 11.8 Å². The zero-order chi connectivity index (χ0) is 11.6. The molecule has 90 valence electrons. The van der Waals surface area contributed by atoms with Gasteiger partial charge in [-0.15, -0.1) is 0 Å². The number of hydrogen-bond acceptors (Lipinski definition) is 2. The molecule has 1 nitrogen and oxygen atoms in total. The summed E-state index contributed by atoms with van der Waals surface area (Å²) in [5.41, 5.74) is 2.81. The summed E-state index contributed by atoms with van der Waals surface area (Å²) < 4.78 is 0. The lowest BCUT2D eigenvalue weighted by atomic mass is 10.2. The molecule has 0 aliphatic carbocycles. The van der Waals surface area contributed by atoms with Crippen LogP contribution in [0.2, 0.25) is 0 Å². The molecule has 0 aliphatic rings. The molecular formula is C14H23NS. The summed E-state index contributed by atoms with van der Waals surface area (Å²) >= 11 is 2.03. The highest BCUT2D eigenvalue weighted by atomic mass is 32.2. The zero-order valence-corrected chi connectivity index (χ0v) is 11.3. The molecule has 0 amide bonds. The summed E-state index contributed by atoms with van der Waals surface area (Å²) in [6.45, 7) is 6.68. The first-order chi connectivity index (χ1) is 7.83. The van der Waals surface area contributed by atoms with Gasteiger partial charge in [-0.25, -0.2) is 0 Å². The Morgan fingerprint density at radius 3 is 2.88 bits per heavy atom. The van der Waals surface area contributed by atoms with Gasteiger partial charge in [0, 0.05) is 5.75 Å². The highest BCUT2D eigenvalue weighted by Crippen LogP contribution is 2.13. The van der Waals surface area contributed by atoms with Crippen LogP contribution in [0.5, 0.6) is 0 Å². The van der Waals surface area contributed by atoms with Gasteiger partial charge in [-0.2, -0.15) is 11.8 Å². The molecule has 0 aliphatic heterocycles. The van der Waals surface area contributed by atoms with E-state index in [1.54, 1.807) is 0 Å². The fraction of sp³-hybridized carbons (Fsp3) is 0.571. The number of nitrogens with one attached hydrogen (secondary N) is 1. The quantitative estimate of drug-likeness (QED) is 0.693. The largest absolute Gasteiger partial charge is 0.317 e. The minimum Gasteiger partial charge on any atom is -0.317 e. The maximum atomic E-state index is 3.43. The van der Waals surface area contributed by atoms with E-state index >= 15 is 0 Å². The molecule has 0 heterocycles. The monoisotopic (exact) mass is 237 g/mol. The van der Waals surface area contributed by atoms with Crippen molar-refractivity contribution in [1.29, 1.82) is 0 Å². The molecule has 0 atom stereocenters. The molecule has 16 heavy (non-hydrogen) atoms. The average Bonchev–Trinajstić information content (AvgIpc) is 2.28. The Balaban J connectivity index is 2.03. The number of hydrogen-bond donors (Lipinski definition) is 1. The third-order valence-corrected chi connectivity index (χ3v) is 3.54. The lowest BCUT2D eigenvalue weighted by Gasteiger charge is -2.04. The Kier molecular flexibility index (Phi) is 7.35. The van der Waals surface area contributed by atoms with Crippen molar-refractivity contribution in [2.24, 2.45) is 0 Å². The lowest BCUT2D eigenvalue weighted by Crippen LogP contribution is -2.16. The van der Waals surface area contributed by atoms with Crippen LogP contribution in [0.3, 0.4) is 0 Å². The molecule has 0 bridgehead atoms. The van der Waals surface area contributed by atoms with Crippen molar-refractivity contribution in [1.82, 2.24) is 5.32 Å². The first-order valence-electron chi connectivity index (χ1n) is 6.17. The summed E-state index contributed by atoms with van der Waals surface area (Å²) in [6.07, 6.45) is 2.51. The van der Waals surface area contributed by atoms with Crippen LogP contribution in [-0.2, 0) is 5.75 Å². The molecule has 0 saturated heterocycles. The number of thioether (sulfide) groups is 1. The van der Waals surface area contributed by atoms with Gasteiger partial charge in [0.1, 0.15) is 0 Å². The fourth-order valence-corrected chi connectivity index (χ4v) is 2.50. The van der Waals surface area contributed by atoms with Gasteiger partial charge < -0.3 is 5.32 Å². The van der Waals surface area contributed by atoms with Crippen molar-refractivity contribution >= 4 is 11.8 Å². The smallest absolute Gasteiger partial charge is 0.0184 e. The van der Waals surface area contributed by atoms with E-state index in [0.29, 0.717) is 0 Å². The van der Waals surface area contributed by atoms with Gasteiger partial charge in [0.2, 0.25) is 0 Å². The molecule has 0 fully saturated rings. The van der Waals surface area contributed by atoms with Crippen molar-refractivity contribution < 1.29 is 0 Å². The van der Waals surface area contributed by atoms with E-state index in [2.05, 4.69) is 43.4 Å². The van der Waals surface area contributed by atoms with E-state index in [1.165, 1.54) is 29.7 Å². The van der Waals surface area contributed by atoms with Gasteiger partial charge in [-0.1, -0.05) is 36.8 Å². The minimum atomic E-state index is 1.15. The van der Waals surface area contributed by atoms with Crippen molar-refractivity contribution in [3.63, 3.8) is 0 Å². The molecule has 0 saturated carbocycles. The molecule has 2 heteroatoms. The van der Waals surface area contributed by atoms with Gasteiger partial charge in [0.05, 0.1) is 0 Å². The highest BCUT2D eigenvalue weighted by molar-refractivity contribution is 7.98. The summed E-state index contributed by atoms with van der Waals surface area (Å²) in [6, 6.07) is 8.80. The van der Waals surface area contributed by atoms with Gasteiger partial charge in [-0.3, -0.25) is 0 Å². The summed E-state index contributed by atoms with van der Waals surface area (Å²) in [5, 5.41) is 3.43. The standard InChI is InChI=1S/C14H23NS/c1-3-8-15-9-5-10-16-12-14-7-4-6-13(2)11-14/h4,6-7,11,15H,3,5,8-10,12H2,1-2H3. The topological polar surface area (TPSA) is 12.0 Å². The number of benzene rings is 1. The van der Waals surface area contributed by atoms with E-state index < -0.39 is 0 Å². The van der Waals surface area contributed by atoms with Crippen molar-refractivity contribution in [2.45, 2.75) is 32.4 Å². The van der Waals surface area contributed by atoms with Crippen LogP contribution in [0.25, 0.3) is 0 Å². The van der Waals surface area contributed by atoms with Gasteiger partial charge in [0.15, 0.2) is 0 Å². The van der Waals surface area contributed by atoms with Crippen LogP contribution < -0.4 is 5.32 Å². The molecular weight excluding hydrogens is 214 g/mol. The third kappa shape index (κ3) is 6.19. The molecule has 1 rings (SSSR count).